The highest BCUT2D eigenvalue weighted by Crippen LogP contribution is 2.31. The molecule has 2 heterocycles. The minimum atomic E-state index is 0.681. The summed E-state index contributed by atoms with van der Waals surface area (Å²) in [6.45, 7) is 2.83. The number of nitrogens with zero attached hydrogens (tertiary/aromatic N) is 3. The van der Waals surface area contributed by atoms with Gasteiger partial charge in [-0.15, -0.1) is 0 Å². The molecular weight excluding hydrogens is 240 g/mol. The minimum absolute atomic E-state index is 0.681. The number of ether oxygens (including phenoxy) is 1. The normalized spacial score (nSPS) is 10.8. The lowest BCUT2D eigenvalue weighted by Gasteiger charge is -2.07. The average molecular weight is 254 g/mol. The van der Waals surface area contributed by atoms with E-state index in [1.54, 1.807) is 12.4 Å². The van der Waals surface area contributed by atoms with E-state index >= 15 is 0 Å². The van der Waals surface area contributed by atoms with Crippen LogP contribution in [0.15, 0.2) is 42.9 Å². The molecule has 0 amide bonds. The highest BCUT2D eigenvalue weighted by atomic mass is 16.5. The molecule has 2 aromatic heterocycles. The van der Waals surface area contributed by atoms with Gasteiger partial charge in [-0.05, 0) is 31.2 Å². The lowest BCUT2D eigenvalue weighted by atomic mass is 10.2. The monoisotopic (exact) mass is 254 g/mol. The van der Waals surface area contributed by atoms with Gasteiger partial charge in [-0.25, -0.2) is 0 Å². The molecule has 0 spiro atoms. The first-order valence-corrected chi connectivity index (χ1v) is 6.11. The van der Waals surface area contributed by atoms with Gasteiger partial charge >= 0.3 is 0 Å². The largest absolute Gasteiger partial charge is 0.452 e. The predicted octanol–water partition coefficient (Wildman–Crippen LogP) is 2.83. The van der Waals surface area contributed by atoms with E-state index < -0.39 is 0 Å². The first-order valence-electron chi connectivity index (χ1n) is 6.11. The maximum absolute atomic E-state index is 5.93. The van der Waals surface area contributed by atoms with Crippen LogP contribution in [0.25, 0.3) is 10.9 Å². The van der Waals surface area contributed by atoms with Crippen molar-refractivity contribution in [2.45, 2.75) is 13.5 Å². The Balaban J connectivity index is 2.03. The van der Waals surface area contributed by atoms with Crippen LogP contribution in [0.1, 0.15) is 6.92 Å². The Labute approximate surface area is 110 Å². The van der Waals surface area contributed by atoms with Crippen molar-refractivity contribution >= 4 is 16.6 Å². The van der Waals surface area contributed by atoms with Crippen LogP contribution in [0.2, 0.25) is 0 Å². The van der Waals surface area contributed by atoms with Gasteiger partial charge < -0.3 is 10.5 Å². The summed E-state index contributed by atoms with van der Waals surface area (Å²) in [6.07, 6.45) is 5.27. The fourth-order valence-corrected chi connectivity index (χ4v) is 1.95. The number of fused-ring (bicyclic) bond motifs is 1. The van der Waals surface area contributed by atoms with Crippen molar-refractivity contribution in [3.8, 4) is 11.5 Å². The molecule has 96 valence electrons. The summed E-state index contributed by atoms with van der Waals surface area (Å²) >= 11 is 0. The molecule has 0 unspecified atom stereocenters. The molecule has 2 N–H and O–H groups in total. The fourth-order valence-electron chi connectivity index (χ4n) is 1.95. The summed E-state index contributed by atoms with van der Waals surface area (Å²) < 4.78 is 7.64. The highest BCUT2D eigenvalue weighted by molar-refractivity contribution is 5.94. The van der Waals surface area contributed by atoms with E-state index in [0.29, 0.717) is 17.2 Å². The number of aryl methyl sites for hydroxylation is 1. The maximum atomic E-state index is 5.93. The number of hydrogen-bond donors (Lipinski definition) is 1. The average Bonchev–Trinajstić information content (AvgIpc) is 2.90. The van der Waals surface area contributed by atoms with Crippen molar-refractivity contribution in [2.75, 3.05) is 5.73 Å². The van der Waals surface area contributed by atoms with Gasteiger partial charge in [0.1, 0.15) is 5.52 Å². The number of aromatic nitrogens is 3. The van der Waals surface area contributed by atoms with Gasteiger partial charge in [0.25, 0.3) is 0 Å². The molecule has 3 rings (SSSR count). The second-order valence-electron chi connectivity index (χ2n) is 4.19. The molecule has 5 nitrogen and oxygen atoms in total. The quantitative estimate of drug-likeness (QED) is 0.730. The molecule has 1 aromatic carbocycles. The van der Waals surface area contributed by atoms with Crippen molar-refractivity contribution in [1.82, 2.24) is 14.8 Å². The zero-order chi connectivity index (χ0) is 13.2. The van der Waals surface area contributed by atoms with Gasteiger partial charge in [0.15, 0.2) is 11.5 Å². The van der Waals surface area contributed by atoms with Crippen LogP contribution in [0.4, 0.5) is 5.69 Å². The number of benzene rings is 1. The summed E-state index contributed by atoms with van der Waals surface area (Å²) in [7, 11) is 0. The third-order valence-corrected chi connectivity index (χ3v) is 2.93. The van der Waals surface area contributed by atoms with E-state index in [2.05, 4.69) is 10.1 Å². The maximum Gasteiger partial charge on any atom is 0.165 e. The molecule has 5 heteroatoms. The Kier molecular flexibility index (Phi) is 2.79. The summed E-state index contributed by atoms with van der Waals surface area (Å²) in [5.41, 5.74) is 7.38. The molecular formula is C14H14N4O. The Morgan fingerprint density at radius 2 is 2.21 bits per heavy atom. The number of hydrogen-bond acceptors (Lipinski definition) is 4. The first-order chi connectivity index (χ1) is 9.28. The van der Waals surface area contributed by atoms with E-state index in [9.17, 15) is 0 Å². The van der Waals surface area contributed by atoms with Crippen LogP contribution in [0.3, 0.4) is 0 Å². The summed E-state index contributed by atoms with van der Waals surface area (Å²) in [5, 5.41) is 5.07. The van der Waals surface area contributed by atoms with E-state index in [1.165, 1.54) is 0 Å². The van der Waals surface area contributed by atoms with Crippen LogP contribution in [-0.2, 0) is 6.54 Å². The van der Waals surface area contributed by atoms with Crippen LogP contribution in [-0.4, -0.2) is 14.8 Å². The van der Waals surface area contributed by atoms with E-state index in [1.807, 2.05) is 42.1 Å². The topological polar surface area (TPSA) is 66.0 Å². The number of nitrogens with two attached hydrogens (primary N) is 1. The standard InChI is InChI=1S/C14H14N4O/c1-2-18-9-10(8-17-18)19-13-6-5-12(15)11-4-3-7-16-14(11)13/h3-9H,2,15H2,1H3. The Bertz CT molecular complexity index is 720. The summed E-state index contributed by atoms with van der Waals surface area (Å²) in [6, 6.07) is 7.44. The third-order valence-electron chi connectivity index (χ3n) is 2.93. The van der Waals surface area contributed by atoms with Gasteiger partial charge in [0, 0.05) is 23.8 Å². The van der Waals surface area contributed by atoms with Gasteiger partial charge in [0.05, 0.1) is 12.4 Å². The Morgan fingerprint density at radius 3 is 3.00 bits per heavy atom. The number of pyridine rings is 1. The molecule has 3 aromatic rings. The zero-order valence-electron chi connectivity index (χ0n) is 10.6. The molecule has 0 radical (unpaired) electrons. The van der Waals surface area contributed by atoms with Gasteiger partial charge in [-0.2, -0.15) is 5.10 Å². The lowest BCUT2D eigenvalue weighted by molar-refractivity contribution is 0.486. The van der Waals surface area contributed by atoms with Crippen molar-refractivity contribution in [1.29, 1.82) is 0 Å². The highest BCUT2D eigenvalue weighted by Gasteiger charge is 2.08. The number of nitrogen functional groups attached to an aromatic ring is 1. The molecule has 0 saturated heterocycles. The molecule has 0 aliphatic heterocycles. The molecule has 19 heavy (non-hydrogen) atoms. The van der Waals surface area contributed by atoms with Gasteiger partial charge in [-0.1, -0.05) is 0 Å². The first kappa shape index (κ1) is 11.5. The Morgan fingerprint density at radius 1 is 1.32 bits per heavy atom. The molecule has 0 fully saturated rings. The van der Waals surface area contributed by atoms with E-state index in [4.69, 9.17) is 10.5 Å². The van der Waals surface area contributed by atoms with Gasteiger partial charge in [0.2, 0.25) is 0 Å². The van der Waals surface area contributed by atoms with Crippen molar-refractivity contribution in [3.05, 3.63) is 42.9 Å². The zero-order valence-corrected chi connectivity index (χ0v) is 10.6. The molecule has 0 aliphatic carbocycles. The fraction of sp³-hybridized carbons (Fsp3) is 0.143. The Hall–Kier alpha value is -2.56. The van der Waals surface area contributed by atoms with Crippen LogP contribution >= 0.6 is 0 Å². The third kappa shape index (κ3) is 2.10. The lowest BCUT2D eigenvalue weighted by Crippen LogP contribution is -1.93. The van der Waals surface area contributed by atoms with Crippen LogP contribution in [0.5, 0.6) is 11.5 Å². The molecule has 0 aliphatic rings. The summed E-state index contributed by atoms with van der Waals surface area (Å²) in [4.78, 5) is 4.33. The second-order valence-corrected chi connectivity index (χ2v) is 4.19. The van der Waals surface area contributed by atoms with Crippen LogP contribution < -0.4 is 10.5 Å². The van der Waals surface area contributed by atoms with E-state index in [0.717, 1.165) is 17.4 Å². The molecule has 0 saturated carbocycles. The molecule has 0 bridgehead atoms. The second kappa shape index (κ2) is 4.61. The van der Waals surface area contributed by atoms with Crippen molar-refractivity contribution in [2.24, 2.45) is 0 Å². The SMILES string of the molecule is CCn1cc(Oc2ccc(N)c3cccnc23)cn1. The number of anilines is 1. The predicted molar refractivity (Wildman–Crippen MR) is 74.1 cm³/mol. The van der Waals surface area contributed by atoms with Crippen molar-refractivity contribution < 1.29 is 4.74 Å². The van der Waals surface area contributed by atoms with Crippen LogP contribution in [0, 0.1) is 0 Å². The number of rotatable bonds is 3. The van der Waals surface area contributed by atoms with Gasteiger partial charge in [-0.3, -0.25) is 9.67 Å². The van der Waals surface area contributed by atoms with Crippen molar-refractivity contribution in [3.63, 3.8) is 0 Å². The smallest absolute Gasteiger partial charge is 0.165 e. The minimum Gasteiger partial charge on any atom is -0.452 e. The summed E-state index contributed by atoms with van der Waals surface area (Å²) in [5.74, 6) is 1.37. The van der Waals surface area contributed by atoms with E-state index in [-0.39, 0.29) is 0 Å². The molecule has 0 atom stereocenters.